The predicted molar refractivity (Wildman–Crippen MR) is 83.9 cm³/mol. The second-order valence-corrected chi connectivity index (χ2v) is 7.67. The number of carbonyl (C=O) groups is 1. The van der Waals surface area contributed by atoms with Crippen molar-refractivity contribution in [1.82, 2.24) is 14.5 Å². The highest BCUT2D eigenvalue weighted by Gasteiger charge is 2.41. The topological polar surface area (TPSA) is 96.6 Å². The van der Waals surface area contributed by atoms with Crippen molar-refractivity contribution in [2.45, 2.75) is 30.7 Å². The van der Waals surface area contributed by atoms with Crippen molar-refractivity contribution < 1.29 is 17.6 Å². The van der Waals surface area contributed by atoms with Gasteiger partial charge in [-0.05, 0) is 31.4 Å². The van der Waals surface area contributed by atoms with Crippen LogP contribution in [0.5, 0.6) is 0 Å². The van der Waals surface area contributed by atoms with Crippen LogP contribution < -0.4 is 4.90 Å². The molecule has 1 amide bonds. The number of amides is 1. The van der Waals surface area contributed by atoms with Crippen LogP contribution in [-0.2, 0) is 16.6 Å². The fourth-order valence-corrected chi connectivity index (χ4v) is 4.55. The molecule has 1 saturated heterocycles. The maximum absolute atomic E-state index is 12.5. The summed E-state index contributed by atoms with van der Waals surface area (Å²) in [6, 6.07) is 6.54. The summed E-state index contributed by atoms with van der Waals surface area (Å²) in [5.74, 6) is -0.455. The minimum absolute atomic E-state index is 0.0192. The molecule has 0 aliphatic carbocycles. The molecule has 1 fully saturated rings. The maximum atomic E-state index is 12.5. The van der Waals surface area contributed by atoms with E-state index in [1.54, 1.807) is 12.1 Å². The number of hydrogen-bond donors (Lipinski definition) is 0. The molecule has 0 bridgehead atoms. The van der Waals surface area contributed by atoms with Crippen molar-refractivity contribution in [1.29, 1.82) is 0 Å². The Balaban J connectivity index is 1.58. The van der Waals surface area contributed by atoms with Gasteiger partial charge < -0.3 is 9.32 Å². The van der Waals surface area contributed by atoms with E-state index in [9.17, 15) is 13.2 Å². The Morgan fingerprint density at radius 1 is 1.08 bits per heavy atom. The first-order valence-electron chi connectivity index (χ1n) is 7.81. The number of aromatic nitrogens is 2. The van der Waals surface area contributed by atoms with Crippen molar-refractivity contribution in [3.63, 3.8) is 0 Å². The summed E-state index contributed by atoms with van der Waals surface area (Å²) in [5.41, 5.74) is 0.174. The number of anilines is 1. The molecule has 2 aliphatic rings. The van der Waals surface area contributed by atoms with E-state index < -0.39 is 15.9 Å². The molecule has 0 atom stereocenters. The van der Waals surface area contributed by atoms with Gasteiger partial charge in [0.15, 0.2) is 0 Å². The quantitative estimate of drug-likeness (QED) is 0.827. The van der Waals surface area contributed by atoms with Crippen molar-refractivity contribution in [2.24, 2.45) is 0 Å². The summed E-state index contributed by atoms with van der Waals surface area (Å²) in [7, 11) is -3.87. The Hall–Kier alpha value is -2.42. The van der Waals surface area contributed by atoms with Gasteiger partial charge in [0, 0.05) is 13.1 Å². The molecular weight excluding hydrogens is 332 g/mol. The molecule has 0 radical (unpaired) electrons. The fourth-order valence-electron chi connectivity index (χ4n) is 3.03. The molecule has 126 valence electrons. The van der Waals surface area contributed by atoms with Gasteiger partial charge in [-0.1, -0.05) is 17.2 Å². The van der Waals surface area contributed by atoms with Crippen LogP contribution in [0.25, 0.3) is 0 Å². The van der Waals surface area contributed by atoms with Gasteiger partial charge in [-0.25, -0.2) is 12.7 Å². The van der Waals surface area contributed by atoms with Crippen LogP contribution in [-0.4, -0.2) is 41.9 Å². The zero-order valence-corrected chi connectivity index (χ0v) is 13.7. The number of fused-ring (bicyclic) bond motifs is 1. The monoisotopic (exact) mass is 348 g/mol. The Morgan fingerprint density at radius 3 is 2.58 bits per heavy atom. The molecule has 3 heterocycles. The number of rotatable bonds is 3. The summed E-state index contributed by atoms with van der Waals surface area (Å²) in [6.07, 6.45) is 3.30. The van der Waals surface area contributed by atoms with Crippen LogP contribution >= 0.6 is 0 Å². The molecule has 24 heavy (non-hydrogen) atoms. The second kappa shape index (κ2) is 5.59. The smallest absolute Gasteiger partial charge is 0.318 e. The van der Waals surface area contributed by atoms with E-state index >= 15 is 0 Å². The first kappa shape index (κ1) is 15.1. The lowest BCUT2D eigenvalue weighted by Crippen LogP contribution is -2.30. The number of benzene rings is 1. The zero-order valence-electron chi connectivity index (χ0n) is 12.9. The van der Waals surface area contributed by atoms with E-state index in [-0.39, 0.29) is 22.9 Å². The number of sulfonamides is 1. The Bertz CT molecular complexity index is 886. The minimum atomic E-state index is -3.87. The van der Waals surface area contributed by atoms with E-state index in [0.717, 1.165) is 30.2 Å². The van der Waals surface area contributed by atoms with Crippen molar-refractivity contribution in [2.75, 3.05) is 18.0 Å². The third-order valence-corrected chi connectivity index (χ3v) is 6.06. The summed E-state index contributed by atoms with van der Waals surface area (Å²) in [5, 5.41) is 7.88. The lowest BCUT2D eigenvalue weighted by molar-refractivity contribution is 0.0857. The summed E-state index contributed by atoms with van der Waals surface area (Å²) < 4.78 is 31.4. The number of nitrogens with zero attached hydrogens (tertiary/aromatic N) is 4. The highest BCUT2D eigenvalue weighted by atomic mass is 32.2. The summed E-state index contributed by atoms with van der Waals surface area (Å²) >= 11 is 0. The van der Waals surface area contributed by atoms with Gasteiger partial charge in [0.25, 0.3) is 15.9 Å². The predicted octanol–water partition coefficient (Wildman–Crippen LogP) is 1.40. The molecule has 0 spiro atoms. The van der Waals surface area contributed by atoms with Crippen LogP contribution in [0.2, 0.25) is 0 Å². The number of hydrogen-bond acceptors (Lipinski definition) is 7. The second-order valence-electron chi connectivity index (χ2n) is 5.84. The van der Waals surface area contributed by atoms with Gasteiger partial charge in [-0.3, -0.25) is 4.79 Å². The van der Waals surface area contributed by atoms with Crippen LogP contribution in [0.3, 0.4) is 0 Å². The molecule has 2 aliphatic heterocycles. The zero-order chi connectivity index (χ0) is 16.7. The molecular formula is C15H16N4O4S. The maximum Gasteiger partial charge on any atom is 0.318 e. The van der Waals surface area contributed by atoms with Gasteiger partial charge in [-0.2, -0.15) is 0 Å². The van der Waals surface area contributed by atoms with Gasteiger partial charge in [-0.15, -0.1) is 5.10 Å². The molecule has 0 saturated carbocycles. The molecule has 0 N–H and O–H groups in total. The van der Waals surface area contributed by atoms with Gasteiger partial charge >= 0.3 is 6.01 Å². The average Bonchev–Trinajstić information content (AvgIpc) is 3.14. The molecule has 9 heteroatoms. The highest BCUT2D eigenvalue weighted by Crippen LogP contribution is 2.31. The third kappa shape index (κ3) is 2.35. The Labute approximate surface area is 139 Å². The van der Waals surface area contributed by atoms with Gasteiger partial charge in [0.05, 0.1) is 5.56 Å². The van der Waals surface area contributed by atoms with Crippen molar-refractivity contribution in [3.05, 3.63) is 35.7 Å². The van der Waals surface area contributed by atoms with Crippen LogP contribution in [0.1, 0.15) is 35.5 Å². The van der Waals surface area contributed by atoms with Crippen LogP contribution in [0.4, 0.5) is 6.01 Å². The molecule has 1 aromatic carbocycles. The Kier molecular flexibility index (Phi) is 3.52. The molecule has 1 aromatic heterocycles. The van der Waals surface area contributed by atoms with Crippen molar-refractivity contribution >= 4 is 21.9 Å². The number of piperidine rings is 1. The van der Waals surface area contributed by atoms with E-state index in [1.165, 1.54) is 18.6 Å². The first-order valence-corrected chi connectivity index (χ1v) is 9.25. The van der Waals surface area contributed by atoms with E-state index in [4.69, 9.17) is 4.42 Å². The van der Waals surface area contributed by atoms with Gasteiger partial charge in [0.1, 0.15) is 11.4 Å². The Morgan fingerprint density at radius 2 is 1.83 bits per heavy atom. The molecule has 2 aromatic rings. The van der Waals surface area contributed by atoms with E-state index in [2.05, 4.69) is 10.2 Å². The van der Waals surface area contributed by atoms with Crippen molar-refractivity contribution in [3.8, 4) is 0 Å². The average molecular weight is 348 g/mol. The molecule has 4 rings (SSSR count). The SMILES string of the molecule is O=C1c2ccccc2S(=O)(=O)N1Cc1nnc(N2CCCCC2)o1. The lowest BCUT2D eigenvalue weighted by Gasteiger charge is -2.24. The lowest BCUT2D eigenvalue weighted by atomic mass is 10.1. The number of carbonyl (C=O) groups excluding carboxylic acids is 1. The van der Waals surface area contributed by atoms with E-state index in [1.807, 2.05) is 4.90 Å². The normalized spacial score (nSPS) is 19.6. The molecule has 8 nitrogen and oxygen atoms in total. The third-order valence-electron chi connectivity index (χ3n) is 4.27. The standard InChI is InChI=1S/C15H16N4O4S/c20-14-11-6-2-3-7-12(11)24(21,22)19(14)10-13-16-17-15(23-13)18-8-4-1-5-9-18/h2-3,6-7H,1,4-5,8-10H2. The van der Waals surface area contributed by atoms with E-state index in [0.29, 0.717) is 6.01 Å². The summed E-state index contributed by atoms with van der Waals surface area (Å²) in [6.45, 7) is 1.43. The highest BCUT2D eigenvalue weighted by molar-refractivity contribution is 7.90. The van der Waals surface area contributed by atoms with Gasteiger partial charge in [0.2, 0.25) is 5.89 Å². The largest absolute Gasteiger partial charge is 0.406 e. The minimum Gasteiger partial charge on any atom is -0.406 e. The summed E-state index contributed by atoms with van der Waals surface area (Å²) in [4.78, 5) is 14.4. The van der Waals surface area contributed by atoms with Crippen LogP contribution in [0.15, 0.2) is 33.6 Å². The first-order chi connectivity index (χ1) is 11.6. The fraction of sp³-hybridized carbons (Fsp3) is 0.400. The van der Waals surface area contributed by atoms with Crippen LogP contribution in [0, 0.1) is 0 Å². The molecule has 0 unspecified atom stereocenters.